The summed E-state index contributed by atoms with van der Waals surface area (Å²) in [6, 6.07) is 10.0. The van der Waals surface area contributed by atoms with Crippen LogP contribution in [0.3, 0.4) is 0 Å². The summed E-state index contributed by atoms with van der Waals surface area (Å²) in [6.07, 6.45) is 1.98. The van der Waals surface area contributed by atoms with E-state index in [2.05, 4.69) is 16.4 Å². The minimum absolute atomic E-state index is 0.769. The van der Waals surface area contributed by atoms with Gasteiger partial charge in [-0.3, -0.25) is 9.80 Å². The molecule has 0 spiro atoms. The Morgan fingerprint density at radius 2 is 1.72 bits per heavy atom. The summed E-state index contributed by atoms with van der Waals surface area (Å²) >= 11 is 0. The number of ether oxygens (including phenoxy) is 1. The minimum atomic E-state index is 0.769. The molecule has 0 aromatic heterocycles. The van der Waals surface area contributed by atoms with Crippen molar-refractivity contribution in [3.63, 3.8) is 0 Å². The fraction of sp³-hybridized carbons (Fsp3) is 0.467. The van der Waals surface area contributed by atoms with Crippen LogP contribution in [0.1, 0.15) is 0 Å². The van der Waals surface area contributed by atoms with Crippen LogP contribution in [0.5, 0.6) is 5.75 Å². The Morgan fingerprint density at radius 3 is 2.39 bits per heavy atom. The second-order valence-corrected chi connectivity index (χ2v) is 4.59. The van der Waals surface area contributed by atoms with E-state index < -0.39 is 0 Å². The highest BCUT2D eigenvalue weighted by Crippen LogP contribution is 2.08. The number of para-hydroxylation sites is 1. The van der Waals surface area contributed by atoms with E-state index in [-0.39, 0.29) is 0 Å². The van der Waals surface area contributed by atoms with E-state index >= 15 is 0 Å². The molecule has 2 rings (SSSR count). The van der Waals surface area contributed by atoms with Gasteiger partial charge in [0.25, 0.3) is 0 Å². The van der Waals surface area contributed by atoms with Crippen molar-refractivity contribution in [3.05, 3.63) is 43.0 Å². The smallest absolute Gasteiger partial charge is 0.119 e. The van der Waals surface area contributed by atoms with Crippen LogP contribution in [0.25, 0.3) is 0 Å². The van der Waals surface area contributed by atoms with Gasteiger partial charge in [0.15, 0.2) is 0 Å². The Balaban J connectivity index is 1.62. The molecule has 18 heavy (non-hydrogen) atoms. The normalized spacial score (nSPS) is 17.6. The summed E-state index contributed by atoms with van der Waals surface area (Å²) in [4.78, 5) is 4.89. The Morgan fingerprint density at radius 1 is 1.06 bits per heavy atom. The first kappa shape index (κ1) is 13.1. The van der Waals surface area contributed by atoms with E-state index in [1.807, 2.05) is 36.4 Å². The molecule has 1 aliphatic rings. The van der Waals surface area contributed by atoms with E-state index in [4.69, 9.17) is 4.74 Å². The number of benzene rings is 1. The van der Waals surface area contributed by atoms with Crippen molar-refractivity contribution in [2.45, 2.75) is 0 Å². The van der Waals surface area contributed by atoms with Crippen molar-refractivity contribution in [3.8, 4) is 5.75 Å². The number of nitrogens with zero attached hydrogens (tertiary/aromatic N) is 2. The lowest BCUT2D eigenvalue weighted by Gasteiger charge is -2.33. The average Bonchev–Trinajstić information content (AvgIpc) is 2.42. The van der Waals surface area contributed by atoms with Crippen LogP contribution < -0.4 is 4.74 Å². The van der Waals surface area contributed by atoms with Gasteiger partial charge in [0.1, 0.15) is 12.4 Å². The predicted molar refractivity (Wildman–Crippen MR) is 75.0 cm³/mol. The monoisotopic (exact) mass is 246 g/mol. The minimum Gasteiger partial charge on any atom is -0.492 e. The largest absolute Gasteiger partial charge is 0.492 e. The van der Waals surface area contributed by atoms with Gasteiger partial charge in [-0.25, -0.2) is 0 Å². The molecule has 0 saturated carbocycles. The molecule has 0 unspecified atom stereocenters. The molecular formula is C15H22N2O. The first-order valence-corrected chi connectivity index (χ1v) is 6.62. The van der Waals surface area contributed by atoms with Gasteiger partial charge in [0.05, 0.1) is 0 Å². The fourth-order valence-corrected chi connectivity index (χ4v) is 2.19. The van der Waals surface area contributed by atoms with Gasteiger partial charge in [-0.1, -0.05) is 24.3 Å². The van der Waals surface area contributed by atoms with Crippen LogP contribution in [0.15, 0.2) is 43.0 Å². The van der Waals surface area contributed by atoms with Gasteiger partial charge in [-0.2, -0.15) is 0 Å². The highest BCUT2D eigenvalue weighted by Gasteiger charge is 2.15. The molecule has 3 heteroatoms. The first-order chi connectivity index (χ1) is 8.88. The van der Waals surface area contributed by atoms with E-state index in [1.165, 1.54) is 0 Å². The second-order valence-electron chi connectivity index (χ2n) is 4.59. The zero-order valence-corrected chi connectivity index (χ0v) is 10.9. The molecule has 0 amide bonds. The van der Waals surface area contributed by atoms with Crippen LogP contribution in [-0.4, -0.2) is 55.7 Å². The lowest BCUT2D eigenvalue weighted by molar-refractivity contribution is 0.125. The molecule has 0 radical (unpaired) electrons. The maximum absolute atomic E-state index is 5.71. The fourth-order valence-electron chi connectivity index (χ4n) is 2.19. The van der Waals surface area contributed by atoms with Crippen molar-refractivity contribution in [1.29, 1.82) is 0 Å². The standard InChI is InChI=1S/C15H22N2O/c1-2-8-16-9-11-17(12-10-16)13-14-18-15-6-4-3-5-7-15/h2-7H,1,8-14H2. The molecule has 1 aliphatic heterocycles. The third kappa shape index (κ3) is 4.17. The molecule has 0 N–H and O–H groups in total. The van der Waals surface area contributed by atoms with E-state index in [1.54, 1.807) is 0 Å². The molecule has 1 fully saturated rings. The number of hydrogen-bond acceptors (Lipinski definition) is 3. The first-order valence-electron chi connectivity index (χ1n) is 6.62. The summed E-state index contributed by atoms with van der Waals surface area (Å²) in [7, 11) is 0. The highest BCUT2D eigenvalue weighted by atomic mass is 16.5. The number of rotatable bonds is 6. The number of piperazine rings is 1. The predicted octanol–water partition coefficient (Wildman–Crippen LogP) is 1.87. The van der Waals surface area contributed by atoms with E-state index in [0.29, 0.717) is 0 Å². The van der Waals surface area contributed by atoms with Crippen LogP contribution in [0.4, 0.5) is 0 Å². The van der Waals surface area contributed by atoms with Gasteiger partial charge in [-0.05, 0) is 12.1 Å². The lowest BCUT2D eigenvalue weighted by atomic mass is 10.3. The third-order valence-electron chi connectivity index (χ3n) is 3.27. The van der Waals surface area contributed by atoms with Gasteiger partial charge >= 0.3 is 0 Å². The van der Waals surface area contributed by atoms with Gasteiger partial charge in [0.2, 0.25) is 0 Å². The molecular weight excluding hydrogens is 224 g/mol. The highest BCUT2D eigenvalue weighted by molar-refractivity contribution is 5.20. The average molecular weight is 246 g/mol. The quantitative estimate of drug-likeness (QED) is 0.713. The molecule has 1 aromatic rings. The maximum Gasteiger partial charge on any atom is 0.119 e. The molecule has 1 saturated heterocycles. The third-order valence-corrected chi connectivity index (χ3v) is 3.27. The van der Waals surface area contributed by atoms with E-state index in [0.717, 1.165) is 51.6 Å². The molecule has 1 heterocycles. The van der Waals surface area contributed by atoms with Crippen molar-refractivity contribution >= 4 is 0 Å². The van der Waals surface area contributed by atoms with Gasteiger partial charge in [0, 0.05) is 39.3 Å². The summed E-state index contributed by atoms with van der Waals surface area (Å²) in [5, 5.41) is 0. The van der Waals surface area contributed by atoms with E-state index in [9.17, 15) is 0 Å². The second kappa shape index (κ2) is 7.19. The van der Waals surface area contributed by atoms with Crippen molar-refractivity contribution in [2.24, 2.45) is 0 Å². The molecule has 0 aliphatic carbocycles. The Hall–Kier alpha value is -1.32. The van der Waals surface area contributed by atoms with Crippen LogP contribution in [-0.2, 0) is 0 Å². The summed E-state index contributed by atoms with van der Waals surface area (Å²) in [6.45, 7) is 11.1. The maximum atomic E-state index is 5.71. The molecule has 0 bridgehead atoms. The summed E-state index contributed by atoms with van der Waals surface area (Å²) in [5.74, 6) is 0.961. The summed E-state index contributed by atoms with van der Waals surface area (Å²) < 4.78 is 5.71. The van der Waals surface area contributed by atoms with Crippen LogP contribution in [0, 0.1) is 0 Å². The SMILES string of the molecule is C=CCN1CCN(CCOc2ccccc2)CC1. The van der Waals surface area contributed by atoms with Gasteiger partial charge in [-0.15, -0.1) is 6.58 Å². The molecule has 3 nitrogen and oxygen atoms in total. The van der Waals surface area contributed by atoms with Crippen LogP contribution >= 0.6 is 0 Å². The Labute approximate surface area is 110 Å². The van der Waals surface area contributed by atoms with Crippen molar-refractivity contribution < 1.29 is 4.74 Å². The van der Waals surface area contributed by atoms with Crippen LogP contribution in [0.2, 0.25) is 0 Å². The zero-order chi connectivity index (χ0) is 12.6. The number of hydrogen-bond donors (Lipinski definition) is 0. The molecule has 98 valence electrons. The van der Waals surface area contributed by atoms with Gasteiger partial charge < -0.3 is 4.74 Å². The topological polar surface area (TPSA) is 15.7 Å². The molecule has 1 aromatic carbocycles. The lowest BCUT2D eigenvalue weighted by Crippen LogP contribution is -2.47. The Bertz CT molecular complexity index is 345. The Kier molecular flexibility index (Phi) is 5.24. The van der Waals surface area contributed by atoms with Crippen molar-refractivity contribution in [1.82, 2.24) is 9.80 Å². The van der Waals surface area contributed by atoms with Crippen molar-refractivity contribution in [2.75, 3.05) is 45.9 Å². The summed E-state index contributed by atoms with van der Waals surface area (Å²) in [5.41, 5.74) is 0. The zero-order valence-electron chi connectivity index (χ0n) is 10.9. The molecule has 0 atom stereocenters.